The van der Waals surface area contributed by atoms with Gasteiger partial charge < -0.3 is 14.2 Å². The number of rotatable bonds is 7. The van der Waals surface area contributed by atoms with Crippen molar-refractivity contribution in [3.05, 3.63) is 72.4 Å². The largest absolute Gasteiger partial charge is 0.768 e. The van der Waals surface area contributed by atoms with Gasteiger partial charge in [0.1, 0.15) is 12.4 Å². The highest BCUT2D eigenvalue weighted by Gasteiger charge is 2.25. The number of anilines is 1. The Kier molecular flexibility index (Phi) is 7.08. The molecule has 0 amide bonds. The van der Waals surface area contributed by atoms with E-state index in [1.807, 2.05) is 47.4 Å². The van der Waals surface area contributed by atoms with Crippen LogP contribution in [0.5, 0.6) is 5.75 Å². The lowest BCUT2D eigenvalue weighted by Gasteiger charge is -2.36. The summed E-state index contributed by atoms with van der Waals surface area (Å²) in [5.41, 5.74) is 3.16. The molecule has 1 saturated heterocycles. The topological polar surface area (TPSA) is 103 Å². The first kappa shape index (κ1) is 23.4. The van der Waals surface area contributed by atoms with E-state index >= 15 is 0 Å². The first-order valence-corrected chi connectivity index (χ1v) is 13.3. The highest BCUT2D eigenvalue weighted by Crippen LogP contribution is 2.33. The summed E-state index contributed by atoms with van der Waals surface area (Å²) in [6, 6.07) is 18.6. The van der Waals surface area contributed by atoms with E-state index in [0.29, 0.717) is 31.9 Å². The highest BCUT2D eigenvalue weighted by molar-refractivity contribution is 7.88. The number of piperazine rings is 1. The van der Waals surface area contributed by atoms with E-state index in [1.54, 1.807) is 24.4 Å². The van der Waals surface area contributed by atoms with Gasteiger partial charge in [0.15, 0.2) is 0 Å². The zero-order chi connectivity index (χ0) is 23.4. The summed E-state index contributed by atoms with van der Waals surface area (Å²) >= 11 is -2.53. The third kappa shape index (κ3) is 5.59. The Labute approximate surface area is 196 Å². The molecule has 1 aliphatic heterocycles. The highest BCUT2D eigenvalue weighted by atomic mass is 32.2. The van der Waals surface area contributed by atoms with Crippen molar-refractivity contribution in [2.75, 3.05) is 37.3 Å². The van der Waals surface area contributed by atoms with Gasteiger partial charge in [0, 0.05) is 37.9 Å². The number of aromatic nitrogens is 1. The third-order valence-corrected chi connectivity index (χ3v) is 7.51. The Balaban J connectivity index is 1.53. The van der Waals surface area contributed by atoms with Gasteiger partial charge in [0.2, 0.25) is 10.0 Å². The van der Waals surface area contributed by atoms with E-state index in [1.165, 1.54) is 10.6 Å². The second-order valence-corrected chi connectivity index (χ2v) is 10.6. The SMILES string of the molecule is CS(=O)(=O)N1CCN(c2cccc(OCc3ccnc(-c4ccccc4)c3)c2S(=O)[O-])CC1. The molecule has 3 aromatic rings. The van der Waals surface area contributed by atoms with E-state index in [2.05, 4.69) is 4.98 Å². The average molecular weight is 487 g/mol. The molecule has 1 aliphatic rings. The number of pyridine rings is 1. The lowest BCUT2D eigenvalue weighted by Crippen LogP contribution is -2.48. The van der Waals surface area contributed by atoms with Crippen molar-refractivity contribution in [3.63, 3.8) is 0 Å². The Hall–Kier alpha value is -2.79. The molecule has 1 atom stereocenters. The second-order valence-electron chi connectivity index (χ2n) is 7.69. The van der Waals surface area contributed by atoms with Gasteiger partial charge in [-0.3, -0.25) is 9.19 Å². The molecule has 10 heteroatoms. The summed E-state index contributed by atoms with van der Waals surface area (Å²) in [5, 5.41) is 0. The van der Waals surface area contributed by atoms with Crippen molar-refractivity contribution in [1.82, 2.24) is 9.29 Å². The Morgan fingerprint density at radius 1 is 1.03 bits per heavy atom. The van der Waals surface area contributed by atoms with Crippen LogP contribution in [-0.4, -0.2) is 58.9 Å². The van der Waals surface area contributed by atoms with Crippen LogP contribution < -0.4 is 9.64 Å². The van der Waals surface area contributed by atoms with Crippen LogP contribution in [0.2, 0.25) is 0 Å². The minimum atomic E-state index is -3.27. The number of ether oxygens (including phenoxy) is 1. The second kappa shape index (κ2) is 10.0. The van der Waals surface area contributed by atoms with Crippen molar-refractivity contribution in [2.24, 2.45) is 0 Å². The van der Waals surface area contributed by atoms with Gasteiger partial charge in [-0.25, -0.2) is 8.42 Å². The van der Waals surface area contributed by atoms with Crippen LogP contribution in [0.1, 0.15) is 5.56 Å². The zero-order valence-corrected chi connectivity index (χ0v) is 19.7. The normalized spacial score (nSPS) is 15.9. The zero-order valence-electron chi connectivity index (χ0n) is 18.1. The molecule has 33 heavy (non-hydrogen) atoms. The molecule has 0 bridgehead atoms. The molecule has 0 aliphatic carbocycles. The Bertz CT molecular complexity index is 1240. The van der Waals surface area contributed by atoms with Gasteiger partial charge in [-0.15, -0.1) is 0 Å². The van der Waals surface area contributed by atoms with E-state index in [0.717, 1.165) is 16.8 Å². The summed E-state index contributed by atoms with van der Waals surface area (Å²) in [4.78, 5) is 6.35. The maximum Gasteiger partial charge on any atom is 0.211 e. The minimum absolute atomic E-state index is 0.0719. The Morgan fingerprint density at radius 3 is 2.42 bits per heavy atom. The smallest absolute Gasteiger partial charge is 0.211 e. The van der Waals surface area contributed by atoms with Gasteiger partial charge in [-0.2, -0.15) is 4.31 Å². The molecule has 0 N–H and O–H groups in total. The van der Waals surface area contributed by atoms with Gasteiger partial charge >= 0.3 is 0 Å². The fourth-order valence-corrected chi connectivity index (χ4v) is 5.27. The monoisotopic (exact) mass is 486 g/mol. The maximum absolute atomic E-state index is 12.1. The van der Waals surface area contributed by atoms with Crippen molar-refractivity contribution < 1.29 is 21.9 Å². The average Bonchev–Trinajstić information content (AvgIpc) is 2.82. The lowest BCUT2D eigenvalue weighted by molar-refractivity contribution is 0.297. The van der Waals surface area contributed by atoms with Gasteiger partial charge in [-0.05, 0) is 40.9 Å². The van der Waals surface area contributed by atoms with Crippen molar-refractivity contribution >= 4 is 26.8 Å². The molecule has 0 spiro atoms. The molecular weight excluding hydrogens is 462 g/mol. The van der Waals surface area contributed by atoms with Crippen LogP contribution in [0.15, 0.2) is 71.8 Å². The maximum atomic E-state index is 12.1. The summed E-state index contributed by atoms with van der Waals surface area (Å²) in [6.45, 7) is 1.57. The predicted molar refractivity (Wildman–Crippen MR) is 126 cm³/mol. The van der Waals surface area contributed by atoms with Crippen molar-refractivity contribution in [1.29, 1.82) is 0 Å². The number of hydrogen-bond acceptors (Lipinski definition) is 7. The summed E-state index contributed by atoms with van der Waals surface area (Å²) in [6.07, 6.45) is 2.88. The van der Waals surface area contributed by atoms with E-state index in [-0.39, 0.29) is 17.3 Å². The molecule has 0 radical (unpaired) electrons. The number of hydrogen-bond donors (Lipinski definition) is 0. The molecule has 4 rings (SSSR count). The quantitative estimate of drug-likeness (QED) is 0.473. The van der Waals surface area contributed by atoms with Crippen molar-refractivity contribution in [2.45, 2.75) is 11.5 Å². The summed E-state index contributed by atoms with van der Waals surface area (Å²) in [5.74, 6) is 0.254. The lowest BCUT2D eigenvalue weighted by atomic mass is 10.1. The Morgan fingerprint density at radius 2 is 1.76 bits per heavy atom. The molecule has 2 aromatic carbocycles. The number of sulfonamides is 1. The summed E-state index contributed by atoms with van der Waals surface area (Å²) < 4.78 is 55.2. The molecule has 1 unspecified atom stereocenters. The van der Waals surface area contributed by atoms with Crippen LogP contribution in [0.4, 0.5) is 5.69 Å². The van der Waals surface area contributed by atoms with Gasteiger partial charge in [0.05, 0.1) is 22.5 Å². The van der Waals surface area contributed by atoms with Gasteiger partial charge in [0.25, 0.3) is 0 Å². The van der Waals surface area contributed by atoms with Crippen molar-refractivity contribution in [3.8, 4) is 17.0 Å². The van der Waals surface area contributed by atoms with E-state index < -0.39 is 21.1 Å². The molecule has 174 valence electrons. The fraction of sp³-hybridized carbons (Fsp3) is 0.261. The van der Waals surface area contributed by atoms with Crippen LogP contribution in [-0.2, 0) is 27.7 Å². The predicted octanol–water partition coefficient (Wildman–Crippen LogP) is 2.65. The van der Waals surface area contributed by atoms with E-state index in [4.69, 9.17) is 4.74 Å². The molecule has 1 fully saturated rings. The third-order valence-electron chi connectivity index (χ3n) is 5.46. The first-order chi connectivity index (χ1) is 15.8. The molecule has 2 heterocycles. The van der Waals surface area contributed by atoms with Crippen LogP contribution in [0.25, 0.3) is 11.3 Å². The fourth-order valence-electron chi connectivity index (χ4n) is 3.79. The molecule has 0 saturated carbocycles. The molecule has 1 aromatic heterocycles. The number of nitrogens with zero attached hydrogens (tertiary/aromatic N) is 3. The summed E-state index contributed by atoms with van der Waals surface area (Å²) in [7, 11) is -3.27. The van der Waals surface area contributed by atoms with Crippen LogP contribution in [0, 0.1) is 0 Å². The van der Waals surface area contributed by atoms with Crippen LogP contribution >= 0.6 is 0 Å². The standard InChI is InChI=1S/C23H25N3O5S2/c1-33(29,30)26-14-12-25(13-15-26)21-8-5-9-22(23(21)32(27)28)31-17-18-10-11-24-20(16-18)19-6-3-2-4-7-19/h2-11,16H,12-15,17H2,1H3,(H,27,28)/p-1. The minimum Gasteiger partial charge on any atom is -0.768 e. The van der Waals surface area contributed by atoms with E-state index in [9.17, 15) is 17.2 Å². The number of benzene rings is 2. The molecular formula is C23H24N3O5S2-. The van der Waals surface area contributed by atoms with Gasteiger partial charge in [-0.1, -0.05) is 36.4 Å². The van der Waals surface area contributed by atoms with Crippen LogP contribution in [0.3, 0.4) is 0 Å². The first-order valence-electron chi connectivity index (χ1n) is 10.4. The molecule has 8 nitrogen and oxygen atoms in total.